The van der Waals surface area contributed by atoms with E-state index >= 15 is 0 Å². The second kappa shape index (κ2) is 10.1. The number of anilines is 2. The van der Waals surface area contributed by atoms with Crippen LogP contribution in [0.4, 0.5) is 11.4 Å². The molecule has 1 fully saturated rings. The lowest BCUT2D eigenvalue weighted by Crippen LogP contribution is -2.38. The fourth-order valence-electron chi connectivity index (χ4n) is 3.22. The van der Waals surface area contributed by atoms with E-state index in [2.05, 4.69) is 10.6 Å². The van der Waals surface area contributed by atoms with Crippen molar-refractivity contribution in [3.63, 3.8) is 0 Å². The van der Waals surface area contributed by atoms with Gasteiger partial charge in [0.1, 0.15) is 6.54 Å². The minimum absolute atomic E-state index is 0.00611. The Balaban J connectivity index is 1.70. The zero-order valence-corrected chi connectivity index (χ0v) is 18.6. The SMILES string of the molecule is CS(=O)(=O)N(CC(=O)Nc1ccccc1C(=O)NC[C@H]1CCCO1)c1ccc(Cl)cc1. The van der Waals surface area contributed by atoms with Gasteiger partial charge in [-0.2, -0.15) is 0 Å². The van der Waals surface area contributed by atoms with Crippen molar-refractivity contribution in [2.75, 3.05) is 35.6 Å². The maximum absolute atomic E-state index is 12.7. The Kier molecular flexibility index (Phi) is 7.53. The maximum Gasteiger partial charge on any atom is 0.253 e. The van der Waals surface area contributed by atoms with Gasteiger partial charge in [0.2, 0.25) is 15.9 Å². The molecular formula is C21H24ClN3O5S. The standard InChI is InChI=1S/C21H24ClN3O5S/c1-31(28,29)25(16-10-8-15(22)9-11-16)14-20(26)24-19-7-3-2-6-18(19)21(27)23-13-17-5-4-12-30-17/h2-3,6-11,17H,4-5,12-14H2,1H3,(H,23,27)(H,24,26)/t17-/m1/s1. The second-order valence-corrected chi connectivity index (χ2v) is 9.53. The second-order valence-electron chi connectivity index (χ2n) is 7.18. The highest BCUT2D eigenvalue weighted by Crippen LogP contribution is 2.21. The third kappa shape index (κ3) is 6.43. The van der Waals surface area contributed by atoms with Gasteiger partial charge in [0.25, 0.3) is 5.91 Å². The number of carbonyl (C=O) groups excluding carboxylic acids is 2. The average molecular weight is 466 g/mol. The van der Waals surface area contributed by atoms with Gasteiger partial charge in [-0.05, 0) is 49.2 Å². The lowest BCUT2D eigenvalue weighted by Gasteiger charge is -2.22. The van der Waals surface area contributed by atoms with E-state index in [4.69, 9.17) is 16.3 Å². The molecule has 0 aliphatic carbocycles. The zero-order valence-electron chi connectivity index (χ0n) is 17.0. The van der Waals surface area contributed by atoms with Crippen LogP contribution in [0.2, 0.25) is 5.02 Å². The summed E-state index contributed by atoms with van der Waals surface area (Å²) in [5.74, 6) is -0.927. The maximum atomic E-state index is 12.7. The molecule has 0 spiro atoms. The number of rotatable bonds is 8. The van der Waals surface area contributed by atoms with Crippen LogP contribution >= 0.6 is 11.6 Å². The summed E-state index contributed by atoms with van der Waals surface area (Å²) in [6.45, 7) is 0.628. The van der Waals surface area contributed by atoms with E-state index in [9.17, 15) is 18.0 Å². The first-order valence-electron chi connectivity index (χ1n) is 9.76. The summed E-state index contributed by atoms with van der Waals surface area (Å²) in [6.07, 6.45) is 2.87. The minimum Gasteiger partial charge on any atom is -0.376 e. The lowest BCUT2D eigenvalue weighted by molar-refractivity contribution is -0.114. The number of sulfonamides is 1. The van der Waals surface area contributed by atoms with E-state index in [0.717, 1.165) is 23.4 Å². The normalized spacial score (nSPS) is 16.0. The molecule has 1 atom stereocenters. The van der Waals surface area contributed by atoms with Gasteiger partial charge in [-0.1, -0.05) is 23.7 Å². The van der Waals surface area contributed by atoms with Gasteiger partial charge in [0.15, 0.2) is 0 Å². The first-order chi connectivity index (χ1) is 14.7. The van der Waals surface area contributed by atoms with Crippen molar-refractivity contribution in [1.29, 1.82) is 0 Å². The summed E-state index contributed by atoms with van der Waals surface area (Å²) < 4.78 is 30.9. The number of hydrogen-bond donors (Lipinski definition) is 2. The lowest BCUT2D eigenvalue weighted by atomic mass is 10.1. The number of ether oxygens (including phenoxy) is 1. The van der Waals surface area contributed by atoms with Crippen LogP contribution in [-0.2, 0) is 19.6 Å². The highest BCUT2D eigenvalue weighted by atomic mass is 35.5. The van der Waals surface area contributed by atoms with E-state index in [1.807, 2.05) is 0 Å². The number of benzene rings is 2. The van der Waals surface area contributed by atoms with Crippen LogP contribution in [0.1, 0.15) is 23.2 Å². The van der Waals surface area contributed by atoms with Gasteiger partial charge in [0, 0.05) is 18.2 Å². The predicted molar refractivity (Wildman–Crippen MR) is 120 cm³/mol. The van der Waals surface area contributed by atoms with Crippen LogP contribution in [0.15, 0.2) is 48.5 Å². The summed E-state index contributed by atoms with van der Waals surface area (Å²) in [6, 6.07) is 12.7. The number of hydrogen-bond acceptors (Lipinski definition) is 5. The van der Waals surface area contributed by atoms with Crippen molar-refractivity contribution < 1.29 is 22.7 Å². The van der Waals surface area contributed by atoms with Gasteiger partial charge < -0.3 is 15.4 Å². The molecule has 2 amide bonds. The fraction of sp³-hybridized carbons (Fsp3) is 0.333. The molecule has 8 nitrogen and oxygen atoms in total. The average Bonchev–Trinajstić information content (AvgIpc) is 3.24. The molecule has 1 aliphatic rings. The third-order valence-corrected chi connectivity index (χ3v) is 6.15. The van der Waals surface area contributed by atoms with Crippen LogP contribution in [0.25, 0.3) is 0 Å². The molecule has 2 aromatic carbocycles. The van der Waals surface area contributed by atoms with Gasteiger partial charge in [0.05, 0.1) is 29.3 Å². The molecule has 1 heterocycles. The first kappa shape index (κ1) is 23.1. The summed E-state index contributed by atoms with van der Waals surface area (Å²) in [5, 5.41) is 5.91. The monoisotopic (exact) mass is 465 g/mol. The molecule has 166 valence electrons. The minimum atomic E-state index is -3.73. The van der Waals surface area contributed by atoms with Crippen molar-refractivity contribution in [3.05, 3.63) is 59.1 Å². The van der Waals surface area contributed by atoms with E-state index in [1.165, 1.54) is 12.1 Å². The number of carbonyl (C=O) groups is 2. The Labute approximate surface area is 186 Å². The van der Waals surface area contributed by atoms with Crippen LogP contribution in [0.3, 0.4) is 0 Å². The van der Waals surface area contributed by atoms with Crippen molar-refractivity contribution >= 4 is 44.8 Å². The van der Waals surface area contributed by atoms with Crippen LogP contribution in [0.5, 0.6) is 0 Å². The van der Waals surface area contributed by atoms with Crippen molar-refractivity contribution in [2.45, 2.75) is 18.9 Å². The Hall–Kier alpha value is -2.62. The van der Waals surface area contributed by atoms with Crippen LogP contribution in [-0.4, -0.2) is 52.3 Å². The van der Waals surface area contributed by atoms with E-state index in [0.29, 0.717) is 29.5 Å². The van der Waals surface area contributed by atoms with E-state index in [1.54, 1.807) is 36.4 Å². The summed E-state index contributed by atoms with van der Waals surface area (Å²) in [5.41, 5.74) is 0.887. The molecule has 31 heavy (non-hydrogen) atoms. The fourth-order valence-corrected chi connectivity index (χ4v) is 4.21. The van der Waals surface area contributed by atoms with Crippen molar-refractivity contribution in [3.8, 4) is 0 Å². The highest BCUT2D eigenvalue weighted by Gasteiger charge is 2.22. The molecule has 2 N–H and O–H groups in total. The number of amides is 2. The summed E-state index contributed by atoms with van der Waals surface area (Å²) in [7, 11) is -3.73. The highest BCUT2D eigenvalue weighted by molar-refractivity contribution is 7.92. The smallest absolute Gasteiger partial charge is 0.253 e. The molecule has 2 aromatic rings. The quantitative estimate of drug-likeness (QED) is 0.623. The molecule has 3 rings (SSSR count). The number of halogens is 1. The van der Waals surface area contributed by atoms with Crippen molar-refractivity contribution in [1.82, 2.24) is 5.32 Å². The first-order valence-corrected chi connectivity index (χ1v) is 12.0. The summed E-state index contributed by atoms with van der Waals surface area (Å²) in [4.78, 5) is 25.3. The molecule has 0 radical (unpaired) electrons. The molecule has 0 aromatic heterocycles. The molecule has 10 heteroatoms. The molecular weight excluding hydrogens is 442 g/mol. The molecule has 0 saturated carbocycles. The number of nitrogens with zero attached hydrogens (tertiary/aromatic N) is 1. The number of nitrogens with one attached hydrogen (secondary N) is 2. The Morgan fingerprint density at radius 2 is 1.87 bits per heavy atom. The van der Waals surface area contributed by atoms with Gasteiger partial charge >= 0.3 is 0 Å². The zero-order chi connectivity index (χ0) is 22.4. The Bertz CT molecular complexity index is 1040. The molecule has 0 bridgehead atoms. The van der Waals surface area contributed by atoms with Crippen LogP contribution < -0.4 is 14.9 Å². The predicted octanol–water partition coefficient (Wildman–Crippen LogP) is 2.65. The topological polar surface area (TPSA) is 105 Å². The van der Waals surface area contributed by atoms with E-state index < -0.39 is 22.5 Å². The number of para-hydroxylation sites is 1. The van der Waals surface area contributed by atoms with Crippen LogP contribution in [0, 0.1) is 0 Å². The van der Waals surface area contributed by atoms with Crippen molar-refractivity contribution in [2.24, 2.45) is 0 Å². The largest absolute Gasteiger partial charge is 0.376 e. The third-order valence-electron chi connectivity index (χ3n) is 4.76. The Morgan fingerprint density at radius 1 is 1.16 bits per heavy atom. The molecule has 1 aliphatic heterocycles. The molecule has 0 unspecified atom stereocenters. The Morgan fingerprint density at radius 3 is 2.52 bits per heavy atom. The molecule has 1 saturated heterocycles. The van der Waals surface area contributed by atoms with Gasteiger partial charge in [-0.3, -0.25) is 13.9 Å². The van der Waals surface area contributed by atoms with Gasteiger partial charge in [-0.25, -0.2) is 8.42 Å². The summed E-state index contributed by atoms with van der Waals surface area (Å²) >= 11 is 5.86. The van der Waals surface area contributed by atoms with E-state index in [-0.39, 0.29) is 17.6 Å². The van der Waals surface area contributed by atoms with Gasteiger partial charge in [-0.15, -0.1) is 0 Å².